The maximum Gasteiger partial charge on any atom is 0.326 e. The van der Waals surface area contributed by atoms with E-state index in [-0.39, 0.29) is 6.04 Å². The normalized spacial score (nSPS) is 28.2. The lowest BCUT2D eigenvalue weighted by molar-refractivity contribution is -0.138. The zero-order valence-electron chi connectivity index (χ0n) is 6.97. The van der Waals surface area contributed by atoms with Crippen molar-refractivity contribution < 1.29 is 9.90 Å². The number of carboxylic acid groups (broad SMARTS) is 1. The van der Waals surface area contributed by atoms with Gasteiger partial charge in [-0.1, -0.05) is 0 Å². The molecule has 1 atom stereocenters. The van der Waals surface area contributed by atoms with Gasteiger partial charge in [0.2, 0.25) is 0 Å². The Hall–Kier alpha value is -0.990. The van der Waals surface area contributed by atoms with E-state index in [4.69, 9.17) is 5.11 Å². The second-order valence-corrected chi connectivity index (χ2v) is 3.53. The van der Waals surface area contributed by atoms with Gasteiger partial charge in [-0.3, -0.25) is 0 Å². The predicted octanol–water partition coefficient (Wildman–Crippen LogP) is 1.26. The van der Waals surface area contributed by atoms with Gasteiger partial charge in [-0.2, -0.15) is 0 Å². The van der Waals surface area contributed by atoms with E-state index in [2.05, 4.69) is 5.32 Å². The number of hydrogen-bond acceptors (Lipinski definition) is 2. The number of rotatable bonds is 1. The highest BCUT2D eigenvalue weighted by molar-refractivity contribution is 5.75. The Labute approximate surface area is 71.5 Å². The highest BCUT2D eigenvalue weighted by Crippen LogP contribution is 2.31. The highest BCUT2D eigenvalue weighted by atomic mass is 16.4. The molecule has 66 valence electrons. The van der Waals surface area contributed by atoms with Gasteiger partial charge in [0.25, 0.3) is 0 Å². The Morgan fingerprint density at radius 3 is 2.83 bits per heavy atom. The van der Waals surface area contributed by atoms with Crippen molar-refractivity contribution in [1.29, 1.82) is 0 Å². The molecular weight excluding hydrogens is 154 g/mol. The van der Waals surface area contributed by atoms with Crippen LogP contribution in [-0.4, -0.2) is 17.1 Å². The molecule has 2 rings (SSSR count). The lowest BCUT2D eigenvalue weighted by Gasteiger charge is -2.12. The zero-order valence-corrected chi connectivity index (χ0v) is 6.97. The third-order valence-electron chi connectivity index (χ3n) is 2.68. The Kier molecular flexibility index (Phi) is 1.79. The molecule has 0 saturated carbocycles. The molecule has 0 radical (unpaired) electrons. The Balaban J connectivity index is 2.07. The van der Waals surface area contributed by atoms with Gasteiger partial charge in [0, 0.05) is 12.1 Å². The molecule has 0 aromatic rings. The molecule has 0 aromatic carbocycles. The average molecular weight is 167 g/mol. The Morgan fingerprint density at radius 2 is 2.17 bits per heavy atom. The Bertz CT molecular complexity index is 227. The van der Waals surface area contributed by atoms with Crippen LogP contribution in [0, 0.1) is 0 Å². The monoisotopic (exact) mass is 167 g/mol. The fourth-order valence-electron chi connectivity index (χ4n) is 2.02. The van der Waals surface area contributed by atoms with E-state index in [0.29, 0.717) is 0 Å². The minimum atomic E-state index is -0.718. The molecule has 2 N–H and O–H groups in total. The first-order chi connectivity index (χ1) is 5.77. The van der Waals surface area contributed by atoms with Crippen LogP contribution in [-0.2, 0) is 4.79 Å². The summed E-state index contributed by atoms with van der Waals surface area (Å²) in [6.07, 6.45) is 5.32. The van der Waals surface area contributed by atoms with Crippen molar-refractivity contribution in [1.82, 2.24) is 5.32 Å². The van der Waals surface area contributed by atoms with E-state index >= 15 is 0 Å². The lowest BCUT2D eigenvalue weighted by atomic mass is 9.96. The number of aliphatic carboxylic acids is 1. The number of carbonyl (C=O) groups is 1. The van der Waals surface area contributed by atoms with Crippen LogP contribution in [0.5, 0.6) is 0 Å². The molecule has 0 bridgehead atoms. The van der Waals surface area contributed by atoms with Crippen molar-refractivity contribution >= 4 is 5.97 Å². The predicted molar refractivity (Wildman–Crippen MR) is 44.7 cm³/mol. The van der Waals surface area contributed by atoms with Gasteiger partial charge in [0.05, 0.1) is 0 Å². The summed E-state index contributed by atoms with van der Waals surface area (Å²) in [4.78, 5) is 10.7. The van der Waals surface area contributed by atoms with Crippen LogP contribution in [0.1, 0.15) is 32.1 Å². The summed E-state index contributed by atoms with van der Waals surface area (Å²) in [6, 6.07) is -0.340. The molecule has 0 aromatic heterocycles. The van der Waals surface area contributed by atoms with Gasteiger partial charge < -0.3 is 10.4 Å². The van der Waals surface area contributed by atoms with Gasteiger partial charge >= 0.3 is 5.97 Å². The van der Waals surface area contributed by atoms with Gasteiger partial charge in [0.1, 0.15) is 6.04 Å². The first-order valence-corrected chi connectivity index (χ1v) is 4.47. The molecule has 1 heterocycles. The molecule has 0 fully saturated rings. The molecule has 0 unspecified atom stereocenters. The first kappa shape index (κ1) is 7.65. The second kappa shape index (κ2) is 2.81. The maximum absolute atomic E-state index is 10.7. The Morgan fingerprint density at radius 1 is 1.42 bits per heavy atom. The molecule has 12 heavy (non-hydrogen) atoms. The van der Waals surface area contributed by atoms with E-state index in [1.54, 1.807) is 0 Å². The van der Waals surface area contributed by atoms with Crippen molar-refractivity contribution in [3.63, 3.8) is 0 Å². The quantitative estimate of drug-likeness (QED) is 0.618. The molecule has 0 spiro atoms. The SMILES string of the molecule is O=C(O)[C@@H]1CC2=C(CCCC2)N1. The summed E-state index contributed by atoms with van der Waals surface area (Å²) < 4.78 is 0. The molecule has 1 aliphatic heterocycles. The second-order valence-electron chi connectivity index (χ2n) is 3.53. The van der Waals surface area contributed by atoms with Gasteiger partial charge in [-0.15, -0.1) is 0 Å². The molecule has 0 amide bonds. The molecule has 3 heteroatoms. The molecule has 2 aliphatic rings. The first-order valence-electron chi connectivity index (χ1n) is 4.47. The van der Waals surface area contributed by atoms with Crippen molar-refractivity contribution in [2.24, 2.45) is 0 Å². The van der Waals surface area contributed by atoms with Crippen LogP contribution < -0.4 is 5.32 Å². The van der Waals surface area contributed by atoms with E-state index in [1.807, 2.05) is 0 Å². The third-order valence-corrected chi connectivity index (χ3v) is 2.68. The van der Waals surface area contributed by atoms with Crippen LogP contribution >= 0.6 is 0 Å². The standard InChI is InChI=1S/C9H13NO2/c11-9(12)8-5-6-3-1-2-4-7(6)10-8/h8,10H,1-5H2,(H,11,12)/t8-/m0/s1. The van der Waals surface area contributed by atoms with Gasteiger partial charge in [-0.25, -0.2) is 4.79 Å². The summed E-state index contributed by atoms with van der Waals surface area (Å²) in [5, 5.41) is 11.8. The fraction of sp³-hybridized carbons (Fsp3) is 0.667. The maximum atomic E-state index is 10.7. The van der Waals surface area contributed by atoms with Crippen LogP contribution in [0.2, 0.25) is 0 Å². The van der Waals surface area contributed by atoms with Crippen LogP contribution in [0.3, 0.4) is 0 Å². The van der Waals surface area contributed by atoms with E-state index in [0.717, 1.165) is 19.3 Å². The topological polar surface area (TPSA) is 49.3 Å². The highest BCUT2D eigenvalue weighted by Gasteiger charge is 2.29. The summed E-state index contributed by atoms with van der Waals surface area (Å²) in [6.45, 7) is 0. The van der Waals surface area contributed by atoms with Crippen LogP contribution in [0.4, 0.5) is 0 Å². The van der Waals surface area contributed by atoms with Gasteiger partial charge in [0.15, 0.2) is 0 Å². The van der Waals surface area contributed by atoms with Crippen molar-refractivity contribution in [3.05, 3.63) is 11.3 Å². The number of allylic oxidation sites excluding steroid dienone is 1. The molecule has 3 nitrogen and oxygen atoms in total. The number of hydrogen-bond donors (Lipinski definition) is 2. The van der Waals surface area contributed by atoms with Crippen LogP contribution in [0.15, 0.2) is 11.3 Å². The summed E-state index contributed by atoms with van der Waals surface area (Å²) in [5.41, 5.74) is 2.57. The molecule has 1 aliphatic carbocycles. The van der Waals surface area contributed by atoms with Crippen molar-refractivity contribution in [2.45, 2.75) is 38.1 Å². The number of nitrogens with one attached hydrogen (secondary N) is 1. The smallest absolute Gasteiger partial charge is 0.326 e. The molecule has 0 saturated heterocycles. The summed E-state index contributed by atoms with van der Waals surface area (Å²) in [7, 11) is 0. The average Bonchev–Trinajstić information content (AvgIpc) is 2.46. The van der Waals surface area contributed by atoms with E-state index < -0.39 is 5.97 Å². The minimum absolute atomic E-state index is 0.340. The number of carboxylic acids is 1. The zero-order chi connectivity index (χ0) is 8.55. The van der Waals surface area contributed by atoms with Crippen molar-refractivity contribution in [2.75, 3.05) is 0 Å². The van der Waals surface area contributed by atoms with Crippen LogP contribution in [0.25, 0.3) is 0 Å². The third kappa shape index (κ3) is 1.19. The minimum Gasteiger partial charge on any atom is -0.480 e. The fourth-order valence-corrected chi connectivity index (χ4v) is 2.02. The van der Waals surface area contributed by atoms with E-state index in [9.17, 15) is 4.79 Å². The summed E-state index contributed by atoms with van der Waals surface area (Å²) in [5.74, 6) is -0.718. The lowest BCUT2D eigenvalue weighted by Crippen LogP contribution is -2.31. The summed E-state index contributed by atoms with van der Waals surface area (Å²) >= 11 is 0. The van der Waals surface area contributed by atoms with E-state index in [1.165, 1.54) is 24.1 Å². The largest absolute Gasteiger partial charge is 0.480 e. The van der Waals surface area contributed by atoms with Crippen molar-refractivity contribution in [3.8, 4) is 0 Å². The molecular formula is C9H13NO2. The van der Waals surface area contributed by atoms with Gasteiger partial charge in [-0.05, 0) is 31.3 Å².